The van der Waals surface area contributed by atoms with Gasteiger partial charge in [0.1, 0.15) is 0 Å². The van der Waals surface area contributed by atoms with E-state index in [4.69, 9.17) is 13.6 Å². The maximum Gasteiger partial charge on any atom is 0.338 e. The molecule has 8 nitrogen and oxygen atoms in total. The Morgan fingerprint density at radius 3 is 1.88 bits per heavy atom. The lowest BCUT2D eigenvalue weighted by Crippen LogP contribution is -2.09. The van der Waals surface area contributed by atoms with Crippen LogP contribution in [0.3, 0.4) is 0 Å². The van der Waals surface area contributed by atoms with E-state index in [-0.39, 0.29) is 5.89 Å². The first-order valence-corrected chi connectivity index (χ1v) is 10.7. The fourth-order valence-electron chi connectivity index (χ4n) is 3.28. The smallest absolute Gasteiger partial charge is 0.338 e. The maximum atomic E-state index is 12.6. The Balaban J connectivity index is 1.25. The Bertz CT molecular complexity index is 1410. The maximum absolute atomic E-state index is 12.6. The molecule has 8 heteroatoms. The number of hydrogen-bond acceptors (Lipinski definition) is 8. The molecule has 0 bridgehead atoms. The summed E-state index contributed by atoms with van der Waals surface area (Å²) in [5.41, 5.74) is 3.85. The Kier molecular flexibility index (Phi) is 5.70. The molecule has 34 heavy (non-hydrogen) atoms. The van der Waals surface area contributed by atoms with Gasteiger partial charge in [0.05, 0.1) is 5.56 Å². The number of benzene rings is 3. The number of ether oxygens (including phenoxy) is 1. The molecule has 0 spiro atoms. The molecule has 0 aliphatic rings. The van der Waals surface area contributed by atoms with Gasteiger partial charge >= 0.3 is 5.97 Å². The molecule has 5 aromatic rings. The molecule has 0 aliphatic carbocycles. The van der Waals surface area contributed by atoms with E-state index < -0.39 is 12.1 Å². The van der Waals surface area contributed by atoms with Gasteiger partial charge < -0.3 is 13.6 Å². The van der Waals surface area contributed by atoms with Gasteiger partial charge in [0, 0.05) is 16.7 Å². The van der Waals surface area contributed by atoms with Crippen LogP contribution in [0.2, 0.25) is 0 Å². The van der Waals surface area contributed by atoms with Crippen molar-refractivity contribution in [3.63, 3.8) is 0 Å². The van der Waals surface area contributed by atoms with Gasteiger partial charge in [0.2, 0.25) is 17.7 Å². The number of carbonyl (C=O) groups is 1. The van der Waals surface area contributed by atoms with E-state index in [1.54, 1.807) is 31.2 Å². The average molecular weight is 452 g/mol. The van der Waals surface area contributed by atoms with E-state index in [1.807, 2.05) is 61.5 Å². The molecule has 2 heterocycles. The lowest BCUT2D eigenvalue weighted by Gasteiger charge is -2.09. The third-order valence-electron chi connectivity index (χ3n) is 5.18. The van der Waals surface area contributed by atoms with Crippen LogP contribution in [0, 0.1) is 6.92 Å². The molecule has 1 atom stereocenters. The number of aromatic nitrogens is 4. The highest BCUT2D eigenvalue weighted by Gasteiger charge is 2.20. The summed E-state index contributed by atoms with van der Waals surface area (Å²) in [6, 6.07) is 24.0. The number of esters is 1. The van der Waals surface area contributed by atoms with E-state index in [0.717, 1.165) is 16.7 Å². The second kappa shape index (κ2) is 9.11. The van der Waals surface area contributed by atoms with Crippen LogP contribution in [0.4, 0.5) is 0 Å². The molecule has 0 fully saturated rings. The minimum Gasteiger partial charge on any atom is -0.449 e. The van der Waals surface area contributed by atoms with Crippen molar-refractivity contribution < 1.29 is 18.4 Å². The first-order valence-electron chi connectivity index (χ1n) is 10.7. The van der Waals surface area contributed by atoms with Crippen LogP contribution in [0.5, 0.6) is 0 Å². The van der Waals surface area contributed by atoms with Crippen molar-refractivity contribution in [1.82, 2.24) is 20.4 Å². The van der Waals surface area contributed by atoms with Gasteiger partial charge in [-0.2, -0.15) is 0 Å². The minimum absolute atomic E-state index is 0.221. The summed E-state index contributed by atoms with van der Waals surface area (Å²) in [5.74, 6) is 0.875. The number of hydrogen-bond donors (Lipinski definition) is 0. The molecule has 2 aromatic heterocycles. The highest BCUT2D eigenvalue weighted by Crippen LogP contribution is 2.26. The molecule has 0 saturated heterocycles. The van der Waals surface area contributed by atoms with Crippen LogP contribution in [0.25, 0.3) is 34.4 Å². The van der Waals surface area contributed by atoms with Crippen LogP contribution in [0.1, 0.15) is 34.8 Å². The monoisotopic (exact) mass is 452 g/mol. The summed E-state index contributed by atoms with van der Waals surface area (Å²) >= 11 is 0. The van der Waals surface area contributed by atoms with E-state index in [1.165, 1.54) is 0 Å². The van der Waals surface area contributed by atoms with Gasteiger partial charge in [-0.25, -0.2) is 4.79 Å². The van der Waals surface area contributed by atoms with Crippen LogP contribution in [-0.4, -0.2) is 26.4 Å². The second-order valence-corrected chi connectivity index (χ2v) is 7.71. The predicted octanol–water partition coefficient (Wildman–Crippen LogP) is 5.68. The van der Waals surface area contributed by atoms with Gasteiger partial charge in [-0.05, 0) is 62.4 Å². The number of aryl methyl sites for hydroxylation is 1. The summed E-state index contributed by atoms with van der Waals surface area (Å²) in [7, 11) is 0. The zero-order valence-corrected chi connectivity index (χ0v) is 18.5. The highest BCUT2D eigenvalue weighted by molar-refractivity contribution is 5.90. The first kappa shape index (κ1) is 21.3. The second-order valence-electron chi connectivity index (χ2n) is 7.71. The minimum atomic E-state index is -0.704. The van der Waals surface area contributed by atoms with Crippen molar-refractivity contribution in [2.24, 2.45) is 0 Å². The molecule has 0 amide bonds. The van der Waals surface area contributed by atoms with Crippen molar-refractivity contribution in [2.45, 2.75) is 20.0 Å². The Hall–Kier alpha value is -4.59. The van der Waals surface area contributed by atoms with Crippen LogP contribution >= 0.6 is 0 Å². The number of carbonyl (C=O) groups excluding carboxylic acids is 1. The molecule has 0 N–H and O–H groups in total. The van der Waals surface area contributed by atoms with Crippen molar-refractivity contribution in [3.8, 4) is 34.4 Å². The van der Waals surface area contributed by atoms with E-state index in [0.29, 0.717) is 28.8 Å². The summed E-state index contributed by atoms with van der Waals surface area (Å²) in [6.07, 6.45) is -0.704. The van der Waals surface area contributed by atoms with Gasteiger partial charge in [0.25, 0.3) is 5.89 Å². The molecule has 1 unspecified atom stereocenters. The molecular formula is C26H20N4O4. The predicted molar refractivity (Wildman–Crippen MR) is 123 cm³/mol. The SMILES string of the molecule is Cc1ccc(-c2nnc(-c3ccc(C(=O)OC(C)c4nnc(-c5ccccc5)o4)cc3)o2)cc1. The van der Waals surface area contributed by atoms with Crippen LogP contribution < -0.4 is 0 Å². The van der Waals surface area contributed by atoms with Gasteiger partial charge in [0.15, 0.2) is 6.10 Å². The summed E-state index contributed by atoms with van der Waals surface area (Å²) in [6.45, 7) is 3.69. The third-order valence-corrected chi connectivity index (χ3v) is 5.18. The quantitative estimate of drug-likeness (QED) is 0.303. The largest absolute Gasteiger partial charge is 0.449 e. The number of nitrogens with zero attached hydrogens (tertiary/aromatic N) is 4. The lowest BCUT2D eigenvalue weighted by atomic mass is 10.1. The molecule has 5 rings (SSSR count). The Labute approximate surface area is 195 Å². The first-order chi connectivity index (χ1) is 16.6. The van der Waals surface area contributed by atoms with E-state index in [2.05, 4.69) is 20.4 Å². The standard InChI is InChI=1S/C26H20N4O4/c1-16-8-10-19(11-9-16)24-29-30-25(34-24)20-12-14-21(15-13-20)26(31)32-17(2)22-27-28-23(33-22)18-6-4-3-5-7-18/h3-15,17H,1-2H3. The van der Waals surface area contributed by atoms with E-state index in [9.17, 15) is 4.79 Å². The third kappa shape index (κ3) is 4.47. The van der Waals surface area contributed by atoms with Crippen molar-refractivity contribution in [3.05, 3.63) is 95.9 Å². The zero-order chi connectivity index (χ0) is 23.5. The molecule has 0 saturated carbocycles. The Morgan fingerprint density at radius 2 is 1.24 bits per heavy atom. The van der Waals surface area contributed by atoms with Crippen molar-refractivity contribution in [2.75, 3.05) is 0 Å². The van der Waals surface area contributed by atoms with Crippen molar-refractivity contribution >= 4 is 5.97 Å². The van der Waals surface area contributed by atoms with Gasteiger partial charge in [-0.3, -0.25) is 0 Å². The Morgan fingerprint density at radius 1 is 0.706 bits per heavy atom. The highest BCUT2D eigenvalue weighted by atomic mass is 16.6. The van der Waals surface area contributed by atoms with Crippen LogP contribution in [0.15, 0.2) is 87.7 Å². The zero-order valence-electron chi connectivity index (χ0n) is 18.5. The fourth-order valence-corrected chi connectivity index (χ4v) is 3.28. The fraction of sp³-hybridized carbons (Fsp3) is 0.115. The molecule has 3 aromatic carbocycles. The topological polar surface area (TPSA) is 104 Å². The van der Waals surface area contributed by atoms with Gasteiger partial charge in [-0.15, -0.1) is 20.4 Å². The average Bonchev–Trinajstić information content (AvgIpc) is 3.56. The van der Waals surface area contributed by atoms with Crippen molar-refractivity contribution in [1.29, 1.82) is 0 Å². The molecule has 0 aliphatic heterocycles. The molecular weight excluding hydrogens is 432 g/mol. The van der Waals surface area contributed by atoms with E-state index >= 15 is 0 Å². The summed E-state index contributed by atoms with van der Waals surface area (Å²) in [4.78, 5) is 12.6. The van der Waals surface area contributed by atoms with Crippen LogP contribution in [-0.2, 0) is 4.74 Å². The number of rotatable bonds is 6. The molecule has 168 valence electrons. The normalized spacial score (nSPS) is 11.8. The lowest BCUT2D eigenvalue weighted by molar-refractivity contribution is 0.0280. The van der Waals surface area contributed by atoms with Gasteiger partial charge in [-0.1, -0.05) is 35.9 Å². The summed E-state index contributed by atoms with van der Waals surface area (Å²) in [5, 5.41) is 16.3. The molecule has 0 radical (unpaired) electrons. The summed E-state index contributed by atoms with van der Waals surface area (Å²) < 4.78 is 17.0.